The lowest BCUT2D eigenvalue weighted by Crippen LogP contribution is -1.92. The highest BCUT2D eigenvalue weighted by atomic mass is 35.5. The molecule has 1 aliphatic carbocycles. The standard InChI is InChI=1S/C13H9ClO/c14-13(15)11-7-6-9-5-4-8-2-1-3-10(11)12(8)9/h1-3,6-7H,4-5H2. The summed E-state index contributed by atoms with van der Waals surface area (Å²) in [4.78, 5) is 11.3. The second-order valence-electron chi connectivity index (χ2n) is 3.89. The largest absolute Gasteiger partial charge is 0.276 e. The van der Waals surface area contributed by atoms with Crippen molar-refractivity contribution in [1.29, 1.82) is 0 Å². The van der Waals surface area contributed by atoms with E-state index < -0.39 is 0 Å². The third-order valence-electron chi connectivity index (χ3n) is 3.09. The lowest BCUT2D eigenvalue weighted by atomic mass is 10.0. The summed E-state index contributed by atoms with van der Waals surface area (Å²) in [5, 5.41) is 1.87. The van der Waals surface area contributed by atoms with Crippen LogP contribution in [0.2, 0.25) is 0 Å². The Morgan fingerprint density at radius 3 is 2.53 bits per heavy atom. The van der Waals surface area contributed by atoms with Crippen molar-refractivity contribution in [3.8, 4) is 0 Å². The van der Waals surface area contributed by atoms with Crippen LogP contribution in [0.15, 0.2) is 30.3 Å². The molecular weight excluding hydrogens is 208 g/mol. The van der Waals surface area contributed by atoms with E-state index in [1.165, 1.54) is 16.5 Å². The average Bonchev–Trinajstić information content (AvgIpc) is 2.64. The van der Waals surface area contributed by atoms with Gasteiger partial charge >= 0.3 is 0 Å². The summed E-state index contributed by atoms with van der Waals surface area (Å²) >= 11 is 5.57. The summed E-state index contributed by atoms with van der Waals surface area (Å²) in [6, 6.07) is 9.96. The molecule has 2 aromatic rings. The molecule has 0 aliphatic heterocycles. The van der Waals surface area contributed by atoms with E-state index in [1.54, 1.807) is 0 Å². The van der Waals surface area contributed by atoms with E-state index in [0.29, 0.717) is 5.56 Å². The molecule has 0 N–H and O–H groups in total. The fourth-order valence-electron chi connectivity index (χ4n) is 2.42. The van der Waals surface area contributed by atoms with Gasteiger partial charge in [0.2, 0.25) is 0 Å². The number of carbonyl (C=O) groups excluding carboxylic acids is 1. The summed E-state index contributed by atoms with van der Waals surface area (Å²) in [5.41, 5.74) is 3.30. The van der Waals surface area contributed by atoms with Gasteiger partial charge in [0.15, 0.2) is 0 Å². The molecular formula is C13H9ClO. The molecule has 1 nitrogen and oxygen atoms in total. The highest BCUT2D eigenvalue weighted by molar-refractivity contribution is 6.68. The molecule has 0 heterocycles. The fourth-order valence-corrected chi connectivity index (χ4v) is 2.58. The van der Waals surface area contributed by atoms with Crippen molar-refractivity contribution < 1.29 is 4.79 Å². The Hall–Kier alpha value is -1.34. The molecule has 2 heteroatoms. The predicted octanol–water partition coefficient (Wildman–Crippen LogP) is 3.32. The first-order valence-electron chi connectivity index (χ1n) is 5.00. The van der Waals surface area contributed by atoms with Crippen LogP contribution in [-0.2, 0) is 12.8 Å². The van der Waals surface area contributed by atoms with Gasteiger partial charge < -0.3 is 0 Å². The molecule has 0 amide bonds. The molecule has 0 fully saturated rings. The zero-order valence-electron chi connectivity index (χ0n) is 8.09. The van der Waals surface area contributed by atoms with Crippen LogP contribution in [0, 0.1) is 0 Å². The number of rotatable bonds is 1. The fraction of sp³-hybridized carbons (Fsp3) is 0.154. The molecule has 0 saturated heterocycles. The highest BCUT2D eigenvalue weighted by Gasteiger charge is 2.17. The highest BCUT2D eigenvalue weighted by Crippen LogP contribution is 2.33. The Bertz CT molecular complexity index is 562. The van der Waals surface area contributed by atoms with Crippen LogP contribution in [0.5, 0.6) is 0 Å². The molecule has 0 radical (unpaired) electrons. The van der Waals surface area contributed by atoms with Crippen LogP contribution >= 0.6 is 11.6 Å². The maximum Gasteiger partial charge on any atom is 0.253 e. The topological polar surface area (TPSA) is 17.1 Å². The zero-order valence-corrected chi connectivity index (χ0v) is 8.84. The van der Waals surface area contributed by atoms with Gasteiger partial charge in [-0.05, 0) is 52.4 Å². The van der Waals surface area contributed by atoms with E-state index >= 15 is 0 Å². The van der Waals surface area contributed by atoms with Gasteiger partial charge in [0.25, 0.3) is 5.24 Å². The SMILES string of the molecule is O=C(Cl)c1ccc2c3c(cccc13)CC2. The Balaban J connectivity index is 2.48. The summed E-state index contributed by atoms with van der Waals surface area (Å²) in [6.45, 7) is 0. The normalized spacial score (nSPS) is 13.4. The first-order chi connectivity index (χ1) is 7.27. The minimum Gasteiger partial charge on any atom is -0.276 e. The van der Waals surface area contributed by atoms with E-state index in [1.807, 2.05) is 24.3 Å². The first kappa shape index (κ1) is 8.93. The van der Waals surface area contributed by atoms with Gasteiger partial charge in [-0.25, -0.2) is 0 Å². The number of hydrogen-bond donors (Lipinski definition) is 0. The van der Waals surface area contributed by atoms with Crippen LogP contribution in [0.3, 0.4) is 0 Å². The first-order valence-corrected chi connectivity index (χ1v) is 5.38. The molecule has 74 valence electrons. The van der Waals surface area contributed by atoms with Gasteiger partial charge in [0.1, 0.15) is 0 Å². The van der Waals surface area contributed by atoms with Crippen LogP contribution in [-0.4, -0.2) is 5.24 Å². The second-order valence-corrected chi connectivity index (χ2v) is 4.23. The van der Waals surface area contributed by atoms with E-state index in [0.717, 1.165) is 18.2 Å². The maximum atomic E-state index is 11.3. The molecule has 0 spiro atoms. The minimum atomic E-state index is -0.370. The lowest BCUT2D eigenvalue weighted by Gasteiger charge is -2.04. The van der Waals surface area contributed by atoms with Gasteiger partial charge in [-0.3, -0.25) is 4.79 Å². The molecule has 1 aliphatic rings. The third-order valence-corrected chi connectivity index (χ3v) is 3.29. The van der Waals surface area contributed by atoms with Crippen molar-refractivity contribution in [2.75, 3.05) is 0 Å². The molecule has 0 unspecified atom stereocenters. The maximum absolute atomic E-state index is 11.3. The van der Waals surface area contributed by atoms with Crippen LogP contribution in [0.1, 0.15) is 21.5 Å². The van der Waals surface area contributed by atoms with Crippen molar-refractivity contribution in [3.63, 3.8) is 0 Å². The van der Waals surface area contributed by atoms with Crippen LogP contribution in [0.4, 0.5) is 0 Å². The predicted molar refractivity (Wildman–Crippen MR) is 61.5 cm³/mol. The molecule has 0 aromatic heterocycles. The van der Waals surface area contributed by atoms with Gasteiger partial charge in [0, 0.05) is 5.56 Å². The Labute approximate surface area is 92.7 Å². The van der Waals surface area contributed by atoms with E-state index in [2.05, 4.69) is 6.07 Å². The van der Waals surface area contributed by atoms with Crippen LogP contribution in [0.25, 0.3) is 10.8 Å². The van der Waals surface area contributed by atoms with Crippen molar-refractivity contribution in [1.82, 2.24) is 0 Å². The van der Waals surface area contributed by atoms with Crippen molar-refractivity contribution >= 4 is 27.6 Å². The van der Waals surface area contributed by atoms with Crippen molar-refractivity contribution in [2.45, 2.75) is 12.8 Å². The Morgan fingerprint density at radius 2 is 1.80 bits per heavy atom. The van der Waals surface area contributed by atoms with E-state index in [9.17, 15) is 4.79 Å². The summed E-state index contributed by atoms with van der Waals surface area (Å²) in [5.74, 6) is 0. The molecule has 2 aromatic carbocycles. The molecule has 3 rings (SSSR count). The van der Waals surface area contributed by atoms with Gasteiger partial charge in [-0.2, -0.15) is 0 Å². The van der Waals surface area contributed by atoms with Crippen molar-refractivity contribution in [3.05, 3.63) is 47.0 Å². The number of benzene rings is 2. The quantitative estimate of drug-likeness (QED) is 0.669. The van der Waals surface area contributed by atoms with E-state index in [-0.39, 0.29) is 5.24 Å². The number of carbonyl (C=O) groups is 1. The van der Waals surface area contributed by atoms with Crippen LogP contribution < -0.4 is 0 Å². The molecule has 0 atom stereocenters. The summed E-state index contributed by atoms with van der Waals surface area (Å²) < 4.78 is 0. The second kappa shape index (κ2) is 3.07. The average molecular weight is 217 g/mol. The monoisotopic (exact) mass is 216 g/mol. The molecule has 15 heavy (non-hydrogen) atoms. The zero-order chi connectivity index (χ0) is 10.4. The summed E-state index contributed by atoms with van der Waals surface area (Å²) in [7, 11) is 0. The lowest BCUT2D eigenvalue weighted by molar-refractivity contribution is 0.108. The summed E-state index contributed by atoms with van der Waals surface area (Å²) in [6.07, 6.45) is 2.15. The molecule has 0 bridgehead atoms. The number of aryl methyl sites for hydroxylation is 2. The smallest absolute Gasteiger partial charge is 0.253 e. The van der Waals surface area contributed by atoms with E-state index in [4.69, 9.17) is 11.6 Å². The van der Waals surface area contributed by atoms with Gasteiger partial charge in [0.05, 0.1) is 0 Å². The van der Waals surface area contributed by atoms with Crippen molar-refractivity contribution in [2.24, 2.45) is 0 Å². The Morgan fingerprint density at radius 1 is 1.07 bits per heavy atom. The number of hydrogen-bond acceptors (Lipinski definition) is 1. The number of halogens is 1. The third kappa shape index (κ3) is 1.20. The van der Waals surface area contributed by atoms with Gasteiger partial charge in [-0.1, -0.05) is 24.3 Å². The molecule has 0 saturated carbocycles. The minimum absolute atomic E-state index is 0.370. The van der Waals surface area contributed by atoms with Gasteiger partial charge in [-0.15, -0.1) is 0 Å². The Kier molecular flexibility index (Phi) is 1.83.